The maximum Gasteiger partial charge on any atom is 0.270 e. The maximum absolute atomic E-state index is 11.1. The van der Waals surface area contributed by atoms with Gasteiger partial charge in [0.15, 0.2) is 23.0 Å². The molecule has 0 N–H and O–H groups in total. The van der Waals surface area contributed by atoms with Crippen LogP contribution < -0.4 is 37.9 Å². The van der Waals surface area contributed by atoms with Crippen molar-refractivity contribution in [3.63, 3.8) is 0 Å². The molecule has 1 unspecified atom stereocenters. The molecule has 0 aliphatic heterocycles. The summed E-state index contributed by atoms with van der Waals surface area (Å²) in [6.07, 6.45) is 8.17. The number of nitriles is 2. The van der Waals surface area contributed by atoms with Crippen LogP contribution in [0.2, 0.25) is 0 Å². The van der Waals surface area contributed by atoms with Gasteiger partial charge in [0.1, 0.15) is 92.3 Å². The molecule has 476 valence electrons. The van der Waals surface area contributed by atoms with E-state index in [-0.39, 0.29) is 80.0 Å². The van der Waals surface area contributed by atoms with E-state index in [1.807, 2.05) is 149 Å². The molecule has 1 atom stereocenters. The van der Waals surface area contributed by atoms with Crippen molar-refractivity contribution in [3.8, 4) is 104 Å². The van der Waals surface area contributed by atoms with E-state index in [1.54, 1.807) is 72.8 Å². The SMILES string of the molecule is [C-]#[N+]c1c(Oc2ccc(C=C)cc2)cc(C)cc1Oc1cc2c(cc1Oc1cc(C)cc(Oc3ccc(C=C)cc3)c1[N+]#[C-])C1(CC(C)(C)c3cc(Oc4cc(C)cc(Oc5ccc(C=C)cc5)c4C#N)c(Oc4cc(C)cc(Oc5ccc(C=C)cc5)c4C#N)cc31)CC2(C)C. The van der Waals surface area contributed by atoms with Crippen LogP contribution in [-0.2, 0) is 16.2 Å². The quantitative estimate of drug-likeness (QED) is 0.0680. The molecule has 0 aromatic heterocycles. The Labute approximate surface area is 566 Å². The Hall–Kier alpha value is -12.5. The van der Waals surface area contributed by atoms with Gasteiger partial charge in [0.2, 0.25) is 0 Å². The van der Waals surface area contributed by atoms with E-state index in [9.17, 15) is 10.5 Å². The van der Waals surface area contributed by atoms with E-state index in [0.717, 1.165) is 66.8 Å². The van der Waals surface area contributed by atoms with Gasteiger partial charge in [-0.3, -0.25) is 0 Å². The molecule has 97 heavy (non-hydrogen) atoms. The first-order valence-corrected chi connectivity index (χ1v) is 31.5. The van der Waals surface area contributed by atoms with Crippen LogP contribution in [0.3, 0.4) is 0 Å². The zero-order chi connectivity index (χ0) is 68.5. The van der Waals surface area contributed by atoms with Crippen LogP contribution in [0.4, 0.5) is 11.4 Å². The first-order chi connectivity index (χ1) is 46.7. The number of nitrogens with zero attached hydrogens (tertiary/aromatic N) is 4. The Morgan fingerprint density at radius 3 is 0.825 bits per heavy atom. The topological polar surface area (TPSA) is 130 Å². The summed E-state index contributed by atoms with van der Waals surface area (Å²) in [5, 5.41) is 22.1. The number of aryl methyl sites for hydroxylation is 4. The van der Waals surface area contributed by atoms with Gasteiger partial charge in [-0.25, -0.2) is 9.69 Å². The Morgan fingerprint density at radius 1 is 0.340 bits per heavy atom. The van der Waals surface area contributed by atoms with Gasteiger partial charge in [0.05, 0.1) is 13.1 Å². The van der Waals surface area contributed by atoms with Crippen molar-refractivity contribution >= 4 is 35.7 Å². The number of rotatable bonds is 20. The van der Waals surface area contributed by atoms with Gasteiger partial charge in [-0.1, -0.05) is 127 Å². The summed E-state index contributed by atoms with van der Waals surface area (Å²) in [5.74, 6) is 5.16. The highest BCUT2D eigenvalue weighted by atomic mass is 16.5. The molecule has 2 aliphatic carbocycles. The molecule has 0 fully saturated rings. The third-order valence-corrected chi connectivity index (χ3v) is 17.6. The summed E-state index contributed by atoms with van der Waals surface area (Å²) in [4.78, 5) is 8.06. The van der Waals surface area contributed by atoms with Crippen LogP contribution in [0, 0.1) is 63.5 Å². The average Bonchev–Trinajstić information content (AvgIpc) is 1.52. The Bertz CT molecular complexity index is 4720. The zero-order valence-corrected chi connectivity index (χ0v) is 55.3. The molecule has 12 nitrogen and oxygen atoms in total. The number of hydrogen-bond acceptors (Lipinski definition) is 10. The fourth-order valence-electron chi connectivity index (χ4n) is 13.3. The van der Waals surface area contributed by atoms with Crippen molar-refractivity contribution in [2.75, 3.05) is 0 Å². The van der Waals surface area contributed by atoms with Crippen molar-refractivity contribution in [1.82, 2.24) is 0 Å². The molecule has 0 amide bonds. The molecule has 0 saturated heterocycles. The van der Waals surface area contributed by atoms with Gasteiger partial charge in [0, 0.05) is 5.41 Å². The minimum absolute atomic E-state index is 0.123. The van der Waals surface area contributed by atoms with Crippen molar-refractivity contribution in [1.29, 1.82) is 10.5 Å². The number of hydrogen-bond donors (Lipinski definition) is 0. The summed E-state index contributed by atoms with van der Waals surface area (Å²) in [5.41, 5.74) is 9.12. The van der Waals surface area contributed by atoms with Crippen LogP contribution in [0.15, 0.2) is 196 Å². The normalized spacial score (nSPS) is 14.2. The highest BCUT2D eigenvalue weighted by Crippen LogP contribution is 2.66. The average molecular weight is 1270 g/mol. The maximum atomic E-state index is 11.1. The highest BCUT2D eigenvalue weighted by Gasteiger charge is 2.57. The van der Waals surface area contributed by atoms with Crippen LogP contribution in [0.25, 0.3) is 34.0 Å². The molecule has 0 bridgehead atoms. The first kappa shape index (κ1) is 64.6. The third kappa shape index (κ3) is 12.9. The van der Waals surface area contributed by atoms with Crippen LogP contribution in [0.1, 0.15) is 118 Å². The molecule has 1 spiro atoms. The molecule has 0 saturated carbocycles. The van der Waals surface area contributed by atoms with Gasteiger partial charge in [-0.2, -0.15) is 10.5 Å². The molecular weight excluding hydrogens is 1200 g/mol. The second-order valence-corrected chi connectivity index (χ2v) is 25.7. The molecule has 2 aliphatic rings. The lowest BCUT2D eigenvalue weighted by molar-refractivity contribution is 0.349. The smallest absolute Gasteiger partial charge is 0.270 e. The van der Waals surface area contributed by atoms with E-state index in [1.165, 1.54) is 0 Å². The van der Waals surface area contributed by atoms with Crippen molar-refractivity contribution in [2.45, 2.75) is 84.5 Å². The lowest BCUT2D eigenvalue weighted by Crippen LogP contribution is -2.27. The van der Waals surface area contributed by atoms with E-state index in [4.69, 9.17) is 51.0 Å². The number of benzene rings is 10. The summed E-state index contributed by atoms with van der Waals surface area (Å²) in [7, 11) is 0. The Morgan fingerprint density at radius 2 is 0.567 bits per heavy atom. The van der Waals surface area contributed by atoms with E-state index >= 15 is 0 Å². The van der Waals surface area contributed by atoms with Gasteiger partial charge in [-0.15, -0.1) is 0 Å². The summed E-state index contributed by atoms with van der Waals surface area (Å²) in [6, 6.07) is 56.8. The molecule has 0 radical (unpaired) electrons. The van der Waals surface area contributed by atoms with Gasteiger partial charge in [-0.05, 0) is 239 Å². The number of ether oxygens (including phenoxy) is 8. The van der Waals surface area contributed by atoms with Gasteiger partial charge >= 0.3 is 0 Å². The fourth-order valence-corrected chi connectivity index (χ4v) is 13.3. The minimum Gasteiger partial charge on any atom is -0.468 e. The highest BCUT2D eigenvalue weighted by molar-refractivity contribution is 5.75. The van der Waals surface area contributed by atoms with Crippen LogP contribution in [0.5, 0.6) is 92.0 Å². The van der Waals surface area contributed by atoms with E-state index in [2.05, 4.69) is 75.8 Å². The van der Waals surface area contributed by atoms with Crippen molar-refractivity contribution in [2.24, 2.45) is 0 Å². The predicted octanol–water partition coefficient (Wildman–Crippen LogP) is 24.3. The standard InChI is InChI=1S/C85H68N4O8/c1-15-55-19-27-59(28-20-55)90-69-35-51(5)37-71(63(69)47-86)94-73-43-65-67(45-75(73)95-72-38-52(6)36-70(64(72)48-87)91-60-29-21-56(16-2)22-30-60)85(49-83(65,9)10)50-84(11,12)66-44-74(96-79-41-53(7)39-77(81(79)88-13)92-61-31-23-57(17-3)24-32-61)76(46-68(66)85)97-80-42-54(8)40-78(82(80)89-14)93-62-33-25-58(18-4)26-34-62/h15-46H,1-4,49-50H2,5-12H3. The monoisotopic (exact) mass is 1270 g/mol. The van der Waals surface area contributed by atoms with E-state index in [0.29, 0.717) is 47.3 Å². The molecule has 10 aromatic rings. The summed E-state index contributed by atoms with van der Waals surface area (Å²) >= 11 is 0. The van der Waals surface area contributed by atoms with E-state index < -0.39 is 16.2 Å². The van der Waals surface area contributed by atoms with Crippen molar-refractivity contribution in [3.05, 3.63) is 297 Å². The Balaban J connectivity index is 1.05. The summed E-state index contributed by atoms with van der Waals surface area (Å²) in [6.45, 7) is 49.3. The first-order valence-electron chi connectivity index (χ1n) is 31.5. The molecule has 0 heterocycles. The van der Waals surface area contributed by atoms with Crippen LogP contribution >= 0.6 is 0 Å². The fraction of sp³-hybridized carbons (Fsp3) is 0.153. The summed E-state index contributed by atoms with van der Waals surface area (Å²) < 4.78 is 54.4. The molecule has 10 aromatic carbocycles. The van der Waals surface area contributed by atoms with Gasteiger partial charge < -0.3 is 37.9 Å². The lowest BCUT2D eigenvalue weighted by Gasteiger charge is -2.31. The largest absolute Gasteiger partial charge is 0.468 e. The minimum atomic E-state index is -0.779. The Kier molecular flexibility index (Phi) is 17.4. The van der Waals surface area contributed by atoms with Gasteiger partial charge in [0.25, 0.3) is 11.4 Å². The second kappa shape index (κ2) is 26.1. The third-order valence-electron chi connectivity index (χ3n) is 17.6. The second-order valence-electron chi connectivity index (χ2n) is 25.7. The lowest BCUT2D eigenvalue weighted by atomic mass is 9.72. The van der Waals surface area contributed by atoms with Crippen molar-refractivity contribution < 1.29 is 37.9 Å². The molecule has 12 heteroatoms. The van der Waals surface area contributed by atoms with Crippen LogP contribution in [-0.4, -0.2) is 0 Å². The predicted molar refractivity (Wildman–Crippen MR) is 382 cm³/mol. The zero-order valence-electron chi connectivity index (χ0n) is 55.3. The number of fused-ring (bicyclic) bond motifs is 4. The molecular formula is C85H68N4O8. The molecule has 12 rings (SSSR count).